The molecule has 0 aromatic carbocycles. The molecule has 1 rings (SSSR count). The number of carbonyl (C=O) groups is 2. The molecule has 1 saturated heterocycles. The van der Waals surface area contributed by atoms with Crippen molar-refractivity contribution in [2.24, 2.45) is 0 Å². The van der Waals surface area contributed by atoms with E-state index in [1.807, 2.05) is 13.8 Å². The summed E-state index contributed by atoms with van der Waals surface area (Å²) in [4.78, 5) is 27.6. The number of nitrogens with zero attached hydrogens (tertiary/aromatic N) is 1. The van der Waals surface area contributed by atoms with E-state index in [9.17, 15) is 9.59 Å². The summed E-state index contributed by atoms with van der Waals surface area (Å²) in [6.07, 6.45) is 1.17. The zero-order chi connectivity index (χ0) is 11.3. The second-order valence-corrected chi connectivity index (χ2v) is 3.45. The van der Waals surface area contributed by atoms with Gasteiger partial charge in [-0.2, -0.15) is 0 Å². The Morgan fingerprint density at radius 1 is 1.60 bits per heavy atom. The third-order valence-corrected chi connectivity index (χ3v) is 2.13. The molecule has 1 aliphatic heterocycles. The van der Waals surface area contributed by atoms with Gasteiger partial charge in [0.2, 0.25) is 5.91 Å². The quantitative estimate of drug-likeness (QED) is 0.639. The molecule has 0 radical (unpaired) electrons. The largest absolute Gasteiger partial charge is 0.463 e. The van der Waals surface area contributed by atoms with Crippen molar-refractivity contribution in [1.29, 1.82) is 0 Å². The predicted octanol–water partition coefficient (Wildman–Crippen LogP) is 0.882. The van der Waals surface area contributed by atoms with Crippen LogP contribution in [-0.2, 0) is 19.2 Å². The van der Waals surface area contributed by atoms with Crippen molar-refractivity contribution in [3.8, 4) is 0 Å². The van der Waals surface area contributed by atoms with E-state index in [2.05, 4.69) is 0 Å². The highest BCUT2D eigenvalue weighted by molar-refractivity contribution is 5.77. The van der Waals surface area contributed by atoms with Crippen molar-refractivity contribution < 1.29 is 19.2 Å². The summed E-state index contributed by atoms with van der Waals surface area (Å²) in [5.74, 6) is -0.280. The fourth-order valence-electron chi connectivity index (χ4n) is 1.38. The molecule has 0 aliphatic carbocycles. The smallest absolute Gasteiger partial charge is 0.305 e. The summed E-state index contributed by atoms with van der Waals surface area (Å²) < 4.78 is 4.96. The number of carbonyl (C=O) groups excluding carboxylic acids is 2. The molecule has 1 fully saturated rings. The second-order valence-electron chi connectivity index (χ2n) is 3.45. The Bertz CT molecular complexity index is 242. The van der Waals surface area contributed by atoms with Gasteiger partial charge in [0, 0.05) is 13.0 Å². The summed E-state index contributed by atoms with van der Waals surface area (Å²) >= 11 is 0. The van der Waals surface area contributed by atoms with Crippen LogP contribution >= 0.6 is 0 Å². The number of hydrogen-bond acceptors (Lipinski definition) is 4. The molecule has 0 N–H and O–H groups in total. The lowest BCUT2D eigenvalue weighted by molar-refractivity contribution is -0.179. The van der Waals surface area contributed by atoms with Gasteiger partial charge in [0.15, 0.2) is 0 Å². The van der Waals surface area contributed by atoms with Gasteiger partial charge in [-0.15, -0.1) is 0 Å². The van der Waals surface area contributed by atoms with Crippen molar-refractivity contribution in [2.75, 3.05) is 13.2 Å². The van der Waals surface area contributed by atoms with Gasteiger partial charge in [-0.1, -0.05) is 6.92 Å². The zero-order valence-corrected chi connectivity index (χ0v) is 9.19. The van der Waals surface area contributed by atoms with Crippen molar-refractivity contribution in [2.45, 2.75) is 39.2 Å². The van der Waals surface area contributed by atoms with Crippen LogP contribution in [0.3, 0.4) is 0 Å². The SMILES string of the molecule is CCCC(=O)OCC1CC(=O)N(CC)O1. The van der Waals surface area contributed by atoms with Crippen molar-refractivity contribution in [3.63, 3.8) is 0 Å². The molecular weight excluding hydrogens is 198 g/mol. The molecule has 15 heavy (non-hydrogen) atoms. The molecular formula is C10H17NO4. The highest BCUT2D eigenvalue weighted by Gasteiger charge is 2.30. The molecule has 5 heteroatoms. The van der Waals surface area contributed by atoms with Crippen LogP contribution < -0.4 is 0 Å². The van der Waals surface area contributed by atoms with Gasteiger partial charge in [0.25, 0.3) is 0 Å². The second kappa shape index (κ2) is 5.70. The highest BCUT2D eigenvalue weighted by Crippen LogP contribution is 2.14. The van der Waals surface area contributed by atoms with Gasteiger partial charge in [-0.05, 0) is 13.3 Å². The first-order valence-corrected chi connectivity index (χ1v) is 5.30. The van der Waals surface area contributed by atoms with Gasteiger partial charge in [-0.3, -0.25) is 14.4 Å². The maximum absolute atomic E-state index is 11.2. The van der Waals surface area contributed by atoms with Crippen LogP contribution in [0.1, 0.15) is 33.1 Å². The van der Waals surface area contributed by atoms with Crippen LogP contribution in [-0.4, -0.2) is 36.2 Å². The standard InChI is InChI=1S/C10H17NO4/c1-3-5-10(13)14-7-8-6-9(12)11(4-2)15-8/h8H,3-7H2,1-2H3. The monoisotopic (exact) mass is 215 g/mol. The first kappa shape index (κ1) is 12.0. The van der Waals surface area contributed by atoms with E-state index in [4.69, 9.17) is 9.57 Å². The van der Waals surface area contributed by atoms with Crippen LogP contribution in [0.5, 0.6) is 0 Å². The molecule has 0 bridgehead atoms. The minimum absolute atomic E-state index is 0.0472. The van der Waals surface area contributed by atoms with E-state index in [1.54, 1.807) is 0 Å². The van der Waals surface area contributed by atoms with Crippen molar-refractivity contribution in [1.82, 2.24) is 5.06 Å². The Balaban J connectivity index is 2.24. The van der Waals surface area contributed by atoms with E-state index in [0.29, 0.717) is 19.4 Å². The molecule has 1 atom stereocenters. The van der Waals surface area contributed by atoms with Crippen LogP contribution in [0, 0.1) is 0 Å². The van der Waals surface area contributed by atoms with Crippen molar-refractivity contribution >= 4 is 11.9 Å². The number of hydroxylamine groups is 2. The molecule has 0 spiro atoms. The normalized spacial score (nSPS) is 20.8. The summed E-state index contributed by atoms with van der Waals surface area (Å²) in [5, 5.41) is 1.30. The first-order valence-electron chi connectivity index (χ1n) is 5.30. The number of rotatable bonds is 5. The summed E-state index contributed by atoms with van der Waals surface area (Å²) in [5.41, 5.74) is 0. The topological polar surface area (TPSA) is 55.8 Å². The van der Waals surface area contributed by atoms with Gasteiger partial charge < -0.3 is 4.74 Å². The molecule has 1 aliphatic rings. The molecule has 5 nitrogen and oxygen atoms in total. The number of amides is 1. The number of ether oxygens (including phenoxy) is 1. The highest BCUT2D eigenvalue weighted by atomic mass is 16.7. The van der Waals surface area contributed by atoms with Gasteiger partial charge in [0.1, 0.15) is 12.7 Å². The average Bonchev–Trinajstić information content (AvgIpc) is 2.56. The van der Waals surface area contributed by atoms with E-state index in [1.165, 1.54) is 5.06 Å². The Hall–Kier alpha value is -1.10. The maximum atomic E-state index is 11.2. The lowest BCUT2D eigenvalue weighted by Crippen LogP contribution is -2.24. The van der Waals surface area contributed by atoms with Gasteiger partial charge >= 0.3 is 5.97 Å². The minimum Gasteiger partial charge on any atom is -0.463 e. The first-order chi connectivity index (χ1) is 7.17. The number of esters is 1. The average molecular weight is 215 g/mol. The molecule has 0 saturated carbocycles. The lowest BCUT2D eigenvalue weighted by atomic mass is 10.3. The third kappa shape index (κ3) is 3.51. The van der Waals surface area contributed by atoms with Crippen LogP contribution in [0.4, 0.5) is 0 Å². The fraction of sp³-hybridized carbons (Fsp3) is 0.800. The molecule has 86 valence electrons. The number of hydrogen-bond donors (Lipinski definition) is 0. The molecule has 0 aromatic rings. The fourth-order valence-corrected chi connectivity index (χ4v) is 1.38. The zero-order valence-electron chi connectivity index (χ0n) is 9.19. The summed E-state index contributed by atoms with van der Waals surface area (Å²) in [7, 11) is 0. The minimum atomic E-state index is -0.307. The van der Waals surface area contributed by atoms with E-state index in [0.717, 1.165) is 6.42 Å². The van der Waals surface area contributed by atoms with Gasteiger partial charge in [0.05, 0.1) is 6.42 Å². The summed E-state index contributed by atoms with van der Waals surface area (Å²) in [6, 6.07) is 0. The van der Waals surface area contributed by atoms with E-state index >= 15 is 0 Å². The van der Waals surface area contributed by atoms with Crippen LogP contribution in [0.25, 0.3) is 0 Å². The van der Waals surface area contributed by atoms with Crippen molar-refractivity contribution in [3.05, 3.63) is 0 Å². The summed E-state index contributed by atoms with van der Waals surface area (Å²) in [6.45, 7) is 4.44. The lowest BCUT2D eigenvalue weighted by Gasteiger charge is -2.13. The molecule has 0 aromatic heterocycles. The van der Waals surface area contributed by atoms with E-state index in [-0.39, 0.29) is 24.6 Å². The molecule has 1 amide bonds. The van der Waals surface area contributed by atoms with Gasteiger partial charge in [-0.25, -0.2) is 5.06 Å². The third-order valence-electron chi connectivity index (χ3n) is 2.13. The Labute approximate surface area is 89.3 Å². The molecule has 1 heterocycles. The Morgan fingerprint density at radius 3 is 2.87 bits per heavy atom. The van der Waals surface area contributed by atoms with E-state index < -0.39 is 0 Å². The Morgan fingerprint density at radius 2 is 2.33 bits per heavy atom. The Kier molecular flexibility index (Phi) is 4.55. The molecule has 1 unspecified atom stereocenters. The van der Waals surface area contributed by atoms with Crippen LogP contribution in [0.15, 0.2) is 0 Å². The maximum Gasteiger partial charge on any atom is 0.305 e. The predicted molar refractivity (Wildman–Crippen MR) is 52.7 cm³/mol. The van der Waals surface area contributed by atoms with Crippen LogP contribution in [0.2, 0.25) is 0 Å².